The number of carbonyl (C=O) groups is 5. The molecule has 5 fully saturated rings. The van der Waals surface area contributed by atoms with Gasteiger partial charge in [0.05, 0.1) is 26.4 Å². The van der Waals surface area contributed by atoms with Crippen molar-refractivity contribution in [3.05, 3.63) is 59.7 Å². The van der Waals surface area contributed by atoms with Crippen molar-refractivity contribution in [3.8, 4) is 11.5 Å². The Morgan fingerprint density at radius 1 is 0.549 bits per heavy atom. The van der Waals surface area contributed by atoms with Gasteiger partial charge in [-0.15, -0.1) is 98.2 Å². The second-order valence-electron chi connectivity index (χ2n) is 18.3. The van der Waals surface area contributed by atoms with Gasteiger partial charge in [-0.05, 0) is 138 Å². The summed E-state index contributed by atoms with van der Waals surface area (Å²) in [7, 11) is 35.9. The summed E-state index contributed by atoms with van der Waals surface area (Å²) in [6, 6.07) is 14.7. The zero-order chi connectivity index (χ0) is 53.2. The van der Waals surface area contributed by atoms with Crippen LogP contribution in [-0.4, -0.2) is 61.9 Å². The minimum atomic E-state index is -1.38. The maximum Gasteiger partial charge on any atom is 0.329 e. The summed E-state index contributed by atoms with van der Waals surface area (Å²) in [4.78, 5) is 65.5. The maximum atomic E-state index is 13.4. The molecule has 0 bridgehead atoms. The van der Waals surface area contributed by atoms with Gasteiger partial charge < -0.3 is 28.4 Å². The molecule has 2 aromatic carbocycles. The number of rotatable bonds is 13. The zero-order valence-corrected chi connectivity index (χ0v) is 79.0. The maximum absolute atomic E-state index is 13.4. The fraction of sp³-hybridized carbons (Fsp3) is 0.585. The van der Waals surface area contributed by atoms with E-state index in [1.807, 2.05) is 30.3 Å². The van der Waals surface area contributed by atoms with Crippen molar-refractivity contribution in [1.29, 1.82) is 0 Å². The summed E-state index contributed by atoms with van der Waals surface area (Å²) in [6.07, 6.45) is 6.40. The van der Waals surface area contributed by atoms with Crippen molar-refractivity contribution in [2.24, 2.45) is 34.5 Å². The van der Waals surface area contributed by atoms with Crippen LogP contribution in [0.5, 0.6) is 11.5 Å². The number of ether oxygens (including phenoxy) is 6. The monoisotopic (exact) mass is 1850 g/mol. The Labute approximate surface area is 631 Å². The SMILES string of the molecule is CCOC(=O)C12C(=O)Oc3ccccc3C1CC(=O)C1CCCC12.CCOC(=O)C12C(=O)Oc3ccccc3C1CC1(OCCCO1)C1CCCC12.PPP(P(P)P)P(P(P(P)P)P(P)P)P(P(P)P)P(P)P.[V].[V].[V].[V].[V].[V].[V].[V].[V]. The van der Waals surface area contributed by atoms with Crippen molar-refractivity contribution < 1.29 is 219 Å². The van der Waals surface area contributed by atoms with Crippen molar-refractivity contribution >= 4 is 199 Å². The summed E-state index contributed by atoms with van der Waals surface area (Å²) >= 11 is 0. The van der Waals surface area contributed by atoms with Crippen LogP contribution in [0, 0.1) is 34.5 Å². The molecule has 7 aliphatic rings. The molecule has 21 unspecified atom stereocenters. The molecule has 9 radical (unpaired) electrons. The average Bonchev–Trinajstić information content (AvgIpc) is 4.06. The number of esters is 4. The first-order valence-electron chi connectivity index (χ1n) is 23.7. The number of Topliss-reactive ketones (excluding diaryl/α,β-unsaturated/α-hetero) is 1. The average molecular weight is 1850 g/mol. The van der Waals surface area contributed by atoms with Crippen molar-refractivity contribution in [2.75, 3.05) is 26.4 Å². The van der Waals surface area contributed by atoms with E-state index in [0.29, 0.717) is 37.6 Å². The molecule has 2 aromatic rings. The fourth-order valence-electron chi connectivity index (χ4n) is 12.2. The molecule has 1 saturated heterocycles. The standard InChI is InChI=1S/C22H26O6.C19H20O5.H23P21.9V/c1-2-25-19(23)22-16-9-5-8-15(16)21(26-11-6-12-27-21)13-17(22)14-7-3-4-10-18(14)28-20(22)24;1-2-23-17(21)19-13-8-5-7-11(13)15(20)10-14(19)12-6-3-4-9-16(12)24-18(19)22;1-12-18(13(2)3)21(19(14(4)5)15(6)7)20(16(8)9)17(10)11;;;;;;;;;/h3-4,7,10,15-17H,2,5-6,8-9,11-13H2,1H3;3-4,6,9,11,13-14H,2,5,7-8,10H2,1H3;12H,1-11H2;;;;;;;;;. The van der Waals surface area contributed by atoms with E-state index in [-0.39, 0.29) is 285 Å². The van der Waals surface area contributed by atoms with E-state index in [1.54, 1.807) is 32.0 Å². The van der Waals surface area contributed by atoms with Crippen molar-refractivity contribution in [2.45, 2.75) is 89.3 Å². The van der Waals surface area contributed by atoms with Crippen molar-refractivity contribution in [3.63, 3.8) is 0 Å². The normalized spacial score (nSPS) is 26.0. The number of fused-ring (bicyclic) bond motifs is 11. The third-order valence-electron chi connectivity index (χ3n) is 14.7. The van der Waals surface area contributed by atoms with Crippen LogP contribution < -0.4 is 9.47 Å². The summed E-state index contributed by atoms with van der Waals surface area (Å²) in [6.45, 7) is 6.03. The molecule has 9 rings (SSSR count). The van der Waals surface area contributed by atoms with Gasteiger partial charge in [-0.3, -0.25) is 24.0 Å². The topological polar surface area (TPSA) is 141 Å². The van der Waals surface area contributed by atoms with Gasteiger partial charge in [0.25, 0.3) is 0 Å². The first-order valence-corrected chi connectivity index (χ1v) is 61.3. The van der Waals surface area contributed by atoms with E-state index in [2.05, 4.69) is 98.2 Å². The van der Waals surface area contributed by atoms with Crippen LogP contribution >= 0.6 is 169 Å². The van der Waals surface area contributed by atoms with Crippen LogP contribution in [0.25, 0.3) is 0 Å². The van der Waals surface area contributed by atoms with Gasteiger partial charge in [-0.2, -0.15) is 0 Å². The fourth-order valence-corrected chi connectivity index (χ4v) is 264. The van der Waals surface area contributed by atoms with Crippen LogP contribution in [0.3, 0.4) is 0 Å². The molecule has 449 valence electrons. The van der Waals surface area contributed by atoms with Gasteiger partial charge in [-0.25, -0.2) is 0 Å². The van der Waals surface area contributed by atoms with E-state index in [4.69, 9.17) is 28.4 Å². The number of carbonyl (C=O) groups excluding carboxylic acids is 5. The molecular weight excluding hydrogens is 1780 g/mol. The third kappa shape index (κ3) is 20.9. The predicted octanol–water partition coefficient (Wildman–Crippen LogP) is 17.7. The Kier molecular flexibility index (Phi) is 53.1. The molecule has 0 aromatic heterocycles. The van der Waals surface area contributed by atoms with Crippen LogP contribution in [0.15, 0.2) is 48.5 Å². The van der Waals surface area contributed by atoms with Gasteiger partial charge in [0.1, 0.15) is 17.3 Å². The van der Waals surface area contributed by atoms with Gasteiger partial charge in [0, 0.05) is 209 Å². The minimum absolute atomic E-state index is 0. The van der Waals surface area contributed by atoms with E-state index in [0.717, 1.165) is 57.6 Å². The molecular formula is C41H69O11P21V9. The number of hydrogen-bond donors (Lipinski definition) is 0. The number of ketones is 1. The van der Waals surface area contributed by atoms with Crippen LogP contribution in [0.1, 0.15) is 94.6 Å². The molecule has 82 heavy (non-hydrogen) atoms. The van der Waals surface area contributed by atoms with Gasteiger partial charge in [-0.1, -0.05) is 57.2 Å². The third-order valence-corrected chi connectivity index (χ3v) is 147. The second kappa shape index (κ2) is 45.1. The van der Waals surface area contributed by atoms with E-state index >= 15 is 0 Å². The molecule has 11 nitrogen and oxygen atoms in total. The summed E-state index contributed by atoms with van der Waals surface area (Å²) in [5.74, 6) is -3.22. The molecule has 4 saturated carbocycles. The number of hydrogen-bond acceptors (Lipinski definition) is 11. The summed E-state index contributed by atoms with van der Waals surface area (Å²) < 4.78 is 34.7. The second-order valence-corrected chi connectivity index (χ2v) is 99.5. The molecule has 21 atom stereocenters. The van der Waals surface area contributed by atoms with E-state index < -0.39 is 46.4 Å². The van der Waals surface area contributed by atoms with Gasteiger partial charge >= 0.3 is 23.9 Å². The first-order chi connectivity index (χ1) is 34.8. The van der Waals surface area contributed by atoms with Gasteiger partial charge in [0.2, 0.25) is 0 Å². The van der Waals surface area contributed by atoms with Crippen LogP contribution in [0.4, 0.5) is 0 Å². The Bertz CT molecular complexity index is 2320. The largest absolute Gasteiger partial charge is 0.465 e. The van der Waals surface area contributed by atoms with Crippen LogP contribution in [-0.2, 0) is 210 Å². The minimum Gasteiger partial charge on any atom is -0.465 e. The van der Waals surface area contributed by atoms with E-state index in [1.165, 1.54) is 0 Å². The smallest absolute Gasteiger partial charge is 0.329 e. The summed E-state index contributed by atoms with van der Waals surface area (Å²) in [5.41, 5.74) is -1.05. The molecule has 3 heterocycles. The quantitative estimate of drug-likeness (QED) is 0.0819. The van der Waals surface area contributed by atoms with E-state index in [9.17, 15) is 24.0 Å². The Hall–Kier alpha value is 10.2. The predicted molar refractivity (Wildman–Crippen MR) is 360 cm³/mol. The van der Waals surface area contributed by atoms with Crippen molar-refractivity contribution in [1.82, 2.24) is 0 Å². The Morgan fingerprint density at radius 2 is 0.951 bits per heavy atom. The zero-order valence-electron chi connectivity index (χ0n) is 44.7. The summed E-state index contributed by atoms with van der Waals surface area (Å²) in [5, 5.41) is 0. The molecule has 0 amide bonds. The number of benzene rings is 2. The Morgan fingerprint density at radius 3 is 1.38 bits per heavy atom. The first kappa shape index (κ1) is 96.4. The van der Waals surface area contributed by atoms with Crippen LogP contribution in [0.2, 0.25) is 0 Å². The number of para-hydroxylation sites is 2. The Balaban J connectivity index is -0.00000109. The molecule has 41 heteroatoms. The molecule has 4 aliphatic carbocycles. The van der Waals surface area contributed by atoms with Gasteiger partial charge in [0.15, 0.2) is 16.6 Å². The molecule has 1 spiro atoms. The molecule has 3 aliphatic heterocycles. The molecule has 0 N–H and O–H groups in total.